The molecule has 8 nitrogen and oxygen atoms in total. The van der Waals surface area contributed by atoms with E-state index in [0.29, 0.717) is 41.7 Å². The van der Waals surface area contributed by atoms with Gasteiger partial charge >= 0.3 is 6.03 Å². The lowest BCUT2D eigenvalue weighted by atomic mass is 9.97. The molecular weight excluding hydrogens is 365 g/mol. The molecule has 0 unspecified atom stereocenters. The van der Waals surface area contributed by atoms with Crippen molar-refractivity contribution in [3.63, 3.8) is 0 Å². The molecule has 9 heteroatoms. The first-order valence-electron chi connectivity index (χ1n) is 9.10. The molecule has 0 radical (unpaired) electrons. The zero-order chi connectivity index (χ0) is 19.7. The van der Waals surface area contributed by atoms with Gasteiger partial charge in [-0.1, -0.05) is 22.4 Å². The van der Waals surface area contributed by atoms with Crippen LogP contribution in [-0.2, 0) is 0 Å². The van der Waals surface area contributed by atoms with Gasteiger partial charge in [-0.3, -0.25) is 5.32 Å². The molecule has 1 N–H and O–H groups in total. The SMILES string of the molecule is Cc1noc(C2CCN(C(=O)Nc3noc(-c4ccccc4F)c3C)CC2)n1. The molecule has 28 heavy (non-hydrogen) atoms. The topological polar surface area (TPSA) is 97.3 Å². The van der Waals surface area contributed by atoms with Crippen LogP contribution in [0.1, 0.15) is 36.0 Å². The number of piperidine rings is 1. The van der Waals surface area contributed by atoms with Crippen LogP contribution in [-0.4, -0.2) is 39.3 Å². The Hall–Kier alpha value is -3.23. The predicted octanol–water partition coefficient (Wildman–Crippen LogP) is 3.89. The molecule has 0 saturated carbocycles. The Balaban J connectivity index is 1.40. The third-order valence-corrected chi connectivity index (χ3v) is 4.94. The molecule has 0 aliphatic carbocycles. The summed E-state index contributed by atoms with van der Waals surface area (Å²) in [6.45, 7) is 4.65. The number of aromatic nitrogens is 3. The van der Waals surface area contributed by atoms with Gasteiger partial charge in [0.2, 0.25) is 5.89 Å². The van der Waals surface area contributed by atoms with Gasteiger partial charge in [-0.15, -0.1) is 0 Å². The van der Waals surface area contributed by atoms with Crippen molar-refractivity contribution < 1.29 is 18.2 Å². The second kappa shape index (κ2) is 7.41. The maximum absolute atomic E-state index is 14.0. The van der Waals surface area contributed by atoms with Gasteiger partial charge in [0, 0.05) is 24.6 Å². The summed E-state index contributed by atoms with van der Waals surface area (Å²) in [7, 11) is 0. The molecule has 1 aliphatic rings. The van der Waals surface area contributed by atoms with E-state index in [9.17, 15) is 9.18 Å². The van der Waals surface area contributed by atoms with Crippen molar-refractivity contribution in [3.8, 4) is 11.3 Å². The number of nitrogens with zero attached hydrogens (tertiary/aromatic N) is 4. The molecule has 146 valence electrons. The molecule has 2 aromatic heterocycles. The molecule has 1 aromatic carbocycles. The van der Waals surface area contributed by atoms with E-state index >= 15 is 0 Å². The molecule has 1 fully saturated rings. The predicted molar refractivity (Wildman–Crippen MR) is 98.2 cm³/mol. The smallest absolute Gasteiger partial charge is 0.323 e. The number of amides is 2. The van der Waals surface area contributed by atoms with Crippen LogP contribution in [0.25, 0.3) is 11.3 Å². The molecule has 1 aliphatic heterocycles. The molecule has 3 aromatic rings. The fraction of sp³-hybridized carbons (Fsp3) is 0.368. The minimum atomic E-state index is -0.405. The van der Waals surface area contributed by atoms with Crippen LogP contribution in [0.2, 0.25) is 0 Å². The molecule has 0 bridgehead atoms. The second-order valence-electron chi connectivity index (χ2n) is 6.84. The summed E-state index contributed by atoms with van der Waals surface area (Å²) in [5.74, 6) is 1.59. The van der Waals surface area contributed by atoms with Gasteiger partial charge in [-0.25, -0.2) is 9.18 Å². The largest absolute Gasteiger partial charge is 0.354 e. The Morgan fingerprint density at radius 3 is 2.61 bits per heavy atom. The highest BCUT2D eigenvalue weighted by Crippen LogP contribution is 2.31. The van der Waals surface area contributed by atoms with Crippen LogP contribution in [0.3, 0.4) is 0 Å². The number of hydrogen-bond acceptors (Lipinski definition) is 6. The van der Waals surface area contributed by atoms with E-state index in [-0.39, 0.29) is 17.8 Å². The van der Waals surface area contributed by atoms with Crippen molar-refractivity contribution in [2.45, 2.75) is 32.6 Å². The summed E-state index contributed by atoms with van der Waals surface area (Å²) in [5.41, 5.74) is 0.887. The zero-order valence-electron chi connectivity index (χ0n) is 15.6. The van der Waals surface area contributed by atoms with Gasteiger partial charge in [0.1, 0.15) is 5.82 Å². The number of urea groups is 1. The minimum absolute atomic E-state index is 0.159. The Kier molecular flexibility index (Phi) is 4.81. The number of carbonyl (C=O) groups is 1. The fourth-order valence-electron chi connectivity index (χ4n) is 3.34. The lowest BCUT2D eigenvalue weighted by Gasteiger charge is -2.30. The van der Waals surface area contributed by atoms with Crippen molar-refractivity contribution in [1.82, 2.24) is 20.2 Å². The van der Waals surface area contributed by atoms with E-state index in [1.165, 1.54) is 6.07 Å². The molecule has 0 atom stereocenters. The Labute approximate surface area is 160 Å². The Morgan fingerprint density at radius 2 is 1.93 bits per heavy atom. The van der Waals surface area contributed by atoms with Crippen LogP contribution >= 0.6 is 0 Å². The second-order valence-corrected chi connectivity index (χ2v) is 6.84. The lowest BCUT2D eigenvalue weighted by molar-refractivity contribution is 0.187. The summed E-state index contributed by atoms with van der Waals surface area (Å²) < 4.78 is 24.5. The van der Waals surface area contributed by atoms with Crippen LogP contribution < -0.4 is 5.32 Å². The number of hydrogen-bond donors (Lipinski definition) is 1. The minimum Gasteiger partial charge on any atom is -0.354 e. The standard InChI is InChI=1S/C19H20FN5O3/c1-11-16(14-5-3-4-6-15(14)20)27-24-17(11)22-19(26)25-9-7-13(8-10-25)18-21-12(2)23-28-18/h3-6,13H,7-10H2,1-2H3,(H,22,24,26). The lowest BCUT2D eigenvalue weighted by Crippen LogP contribution is -2.40. The maximum Gasteiger partial charge on any atom is 0.323 e. The van der Waals surface area contributed by atoms with E-state index in [2.05, 4.69) is 20.6 Å². The van der Waals surface area contributed by atoms with Gasteiger partial charge in [0.15, 0.2) is 17.4 Å². The normalized spacial score (nSPS) is 15.0. The molecule has 1 saturated heterocycles. The summed E-state index contributed by atoms with van der Waals surface area (Å²) in [4.78, 5) is 18.6. The van der Waals surface area contributed by atoms with Gasteiger partial charge in [-0.05, 0) is 38.8 Å². The van der Waals surface area contributed by atoms with E-state index in [1.807, 2.05) is 0 Å². The van der Waals surface area contributed by atoms with Gasteiger partial charge in [0.25, 0.3) is 0 Å². The van der Waals surface area contributed by atoms with E-state index in [0.717, 1.165) is 12.8 Å². The third kappa shape index (κ3) is 3.47. The fourth-order valence-corrected chi connectivity index (χ4v) is 3.34. The quantitative estimate of drug-likeness (QED) is 0.735. The number of carbonyl (C=O) groups excluding carboxylic acids is 1. The first-order valence-corrected chi connectivity index (χ1v) is 9.10. The average molecular weight is 385 g/mol. The molecule has 3 heterocycles. The van der Waals surface area contributed by atoms with Crippen molar-refractivity contribution >= 4 is 11.8 Å². The van der Waals surface area contributed by atoms with Crippen LogP contribution in [0.4, 0.5) is 15.0 Å². The van der Waals surface area contributed by atoms with Gasteiger partial charge in [0.05, 0.1) is 5.56 Å². The highest BCUT2D eigenvalue weighted by atomic mass is 19.1. The Morgan fingerprint density at radius 1 is 1.18 bits per heavy atom. The van der Waals surface area contributed by atoms with Crippen molar-refractivity contribution in [1.29, 1.82) is 0 Å². The number of benzene rings is 1. The number of rotatable bonds is 3. The number of aryl methyl sites for hydroxylation is 1. The number of halogens is 1. The monoisotopic (exact) mass is 385 g/mol. The first-order chi connectivity index (χ1) is 13.5. The number of anilines is 1. The molecule has 0 spiro atoms. The third-order valence-electron chi connectivity index (χ3n) is 4.94. The summed E-state index contributed by atoms with van der Waals surface area (Å²) in [5, 5.41) is 10.5. The van der Waals surface area contributed by atoms with Gasteiger partial charge < -0.3 is 13.9 Å². The summed E-state index contributed by atoms with van der Waals surface area (Å²) >= 11 is 0. The molecule has 2 amide bonds. The average Bonchev–Trinajstić information content (AvgIpc) is 3.29. The molecular formula is C19H20FN5O3. The highest BCUT2D eigenvalue weighted by molar-refractivity contribution is 5.90. The van der Waals surface area contributed by atoms with Crippen LogP contribution in [0.5, 0.6) is 0 Å². The maximum atomic E-state index is 14.0. The summed E-state index contributed by atoms with van der Waals surface area (Å²) in [6, 6.07) is 6.01. The van der Waals surface area contributed by atoms with E-state index < -0.39 is 5.82 Å². The van der Waals surface area contributed by atoms with E-state index in [4.69, 9.17) is 9.05 Å². The van der Waals surface area contributed by atoms with Crippen molar-refractivity contribution in [2.24, 2.45) is 0 Å². The van der Waals surface area contributed by atoms with Crippen LogP contribution in [0, 0.1) is 19.7 Å². The van der Waals surface area contributed by atoms with Crippen LogP contribution in [0.15, 0.2) is 33.3 Å². The first kappa shape index (κ1) is 18.1. The number of likely N-dealkylation sites (tertiary alicyclic amines) is 1. The highest BCUT2D eigenvalue weighted by Gasteiger charge is 2.28. The Bertz CT molecular complexity index is 991. The summed E-state index contributed by atoms with van der Waals surface area (Å²) in [6.07, 6.45) is 1.49. The zero-order valence-corrected chi connectivity index (χ0v) is 15.6. The number of nitrogens with one attached hydrogen (secondary N) is 1. The molecule has 4 rings (SSSR count). The van der Waals surface area contributed by atoms with Crippen molar-refractivity contribution in [2.75, 3.05) is 18.4 Å². The van der Waals surface area contributed by atoms with Gasteiger partial charge in [-0.2, -0.15) is 4.98 Å². The van der Waals surface area contributed by atoms with E-state index in [1.54, 1.807) is 36.9 Å². The van der Waals surface area contributed by atoms with Crippen molar-refractivity contribution in [3.05, 3.63) is 47.4 Å².